The lowest BCUT2D eigenvalue weighted by atomic mass is 10.2. The average molecular weight is 237 g/mol. The first-order chi connectivity index (χ1) is 8.33. The van der Waals surface area contributed by atoms with Crippen LogP contribution in [0.1, 0.15) is 45.1 Å². The third kappa shape index (κ3) is 4.30. The van der Waals surface area contributed by atoms with Crippen LogP contribution in [0.25, 0.3) is 0 Å². The fourth-order valence-electron chi connectivity index (χ4n) is 1.77. The van der Waals surface area contributed by atoms with Gasteiger partial charge in [-0.25, -0.2) is 9.97 Å². The summed E-state index contributed by atoms with van der Waals surface area (Å²) >= 11 is 0. The highest BCUT2D eigenvalue weighted by atomic mass is 16.3. The molecule has 1 rings (SSSR count). The van der Waals surface area contributed by atoms with Crippen LogP contribution in [0.15, 0.2) is 12.5 Å². The lowest BCUT2D eigenvalue weighted by Crippen LogP contribution is -2.27. The second-order valence-electron chi connectivity index (χ2n) is 4.22. The average Bonchev–Trinajstić information content (AvgIpc) is 2.39. The topological polar surface area (TPSA) is 49.2 Å². The predicted molar refractivity (Wildman–Crippen MR) is 70.0 cm³/mol. The van der Waals surface area contributed by atoms with Crippen LogP contribution in [0.5, 0.6) is 0 Å². The molecule has 96 valence electrons. The molecule has 0 radical (unpaired) electrons. The van der Waals surface area contributed by atoms with Crippen molar-refractivity contribution in [2.45, 2.75) is 46.1 Å². The summed E-state index contributed by atoms with van der Waals surface area (Å²) < 4.78 is 0. The molecule has 4 heteroatoms. The van der Waals surface area contributed by atoms with Crippen LogP contribution in [0.3, 0.4) is 0 Å². The van der Waals surface area contributed by atoms with E-state index in [0.29, 0.717) is 0 Å². The van der Waals surface area contributed by atoms with Crippen molar-refractivity contribution in [3.63, 3.8) is 0 Å². The Kier molecular flexibility index (Phi) is 6.55. The first kappa shape index (κ1) is 13.9. The Morgan fingerprint density at radius 2 is 1.82 bits per heavy atom. The molecule has 0 spiro atoms. The largest absolute Gasteiger partial charge is 0.391 e. The fourth-order valence-corrected chi connectivity index (χ4v) is 1.77. The van der Waals surface area contributed by atoms with Crippen molar-refractivity contribution < 1.29 is 5.11 Å². The molecule has 1 N–H and O–H groups in total. The monoisotopic (exact) mass is 237 g/mol. The van der Waals surface area contributed by atoms with Crippen molar-refractivity contribution in [3.8, 4) is 0 Å². The molecule has 1 heterocycles. The van der Waals surface area contributed by atoms with E-state index in [9.17, 15) is 5.11 Å². The van der Waals surface area contributed by atoms with Gasteiger partial charge in [0.1, 0.15) is 12.1 Å². The Morgan fingerprint density at radius 3 is 2.35 bits per heavy atom. The molecule has 0 amide bonds. The van der Waals surface area contributed by atoms with Gasteiger partial charge in [-0.2, -0.15) is 0 Å². The Labute approximate surface area is 104 Å². The summed E-state index contributed by atoms with van der Waals surface area (Å²) in [5.74, 6) is 0.893. The highest BCUT2D eigenvalue weighted by Gasteiger charge is 2.11. The molecular weight excluding hydrogens is 214 g/mol. The van der Waals surface area contributed by atoms with E-state index >= 15 is 0 Å². The minimum Gasteiger partial charge on any atom is -0.391 e. The van der Waals surface area contributed by atoms with E-state index in [0.717, 1.165) is 37.3 Å². The standard InChI is InChI=1S/C13H23N3O/c1-3-5-7-16(8-6-4-2)13-12(10-17)9-14-11-15-13/h9,11,17H,3-8,10H2,1-2H3. The first-order valence-electron chi connectivity index (χ1n) is 6.48. The van der Waals surface area contributed by atoms with E-state index < -0.39 is 0 Å². The summed E-state index contributed by atoms with van der Waals surface area (Å²) in [4.78, 5) is 10.5. The molecule has 17 heavy (non-hydrogen) atoms. The van der Waals surface area contributed by atoms with Crippen LogP contribution >= 0.6 is 0 Å². The van der Waals surface area contributed by atoms with Gasteiger partial charge >= 0.3 is 0 Å². The maximum absolute atomic E-state index is 9.31. The fraction of sp³-hybridized carbons (Fsp3) is 0.692. The van der Waals surface area contributed by atoms with Crippen LogP contribution in [0, 0.1) is 0 Å². The highest BCUT2D eigenvalue weighted by molar-refractivity contribution is 5.44. The van der Waals surface area contributed by atoms with E-state index in [1.54, 1.807) is 12.5 Å². The smallest absolute Gasteiger partial charge is 0.137 e. The number of anilines is 1. The van der Waals surface area contributed by atoms with E-state index in [1.165, 1.54) is 12.8 Å². The summed E-state index contributed by atoms with van der Waals surface area (Å²) in [6.45, 7) is 6.38. The molecule has 0 unspecified atom stereocenters. The molecular formula is C13H23N3O. The lowest BCUT2D eigenvalue weighted by Gasteiger charge is -2.25. The quantitative estimate of drug-likeness (QED) is 0.754. The van der Waals surface area contributed by atoms with Gasteiger partial charge < -0.3 is 10.0 Å². The number of unbranched alkanes of at least 4 members (excludes halogenated alkanes) is 2. The summed E-state index contributed by atoms with van der Waals surface area (Å²) in [7, 11) is 0. The summed E-state index contributed by atoms with van der Waals surface area (Å²) in [5.41, 5.74) is 0.819. The number of hydrogen-bond acceptors (Lipinski definition) is 4. The second-order valence-corrected chi connectivity index (χ2v) is 4.22. The number of nitrogens with zero attached hydrogens (tertiary/aromatic N) is 3. The maximum Gasteiger partial charge on any atom is 0.137 e. The van der Waals surface area contributed by atoms with Crippen LogP contribution in [0.2, 0.25) is 0 Å². The highest BCUT2D eigenvalue weighted by Crippen LogP contribution is 2.17. The normalized spacial score (nSPS) is 10.5. The third-order valence-corrected chi connectivity index (χ3v) is 2.80. The van der Waals surface area contributed by atoms with Gasteiger partial charge in [-0.1, -0.05) is 26.7 Å². The zero-order chi connectivity index (χ0) is 12.5. The van der Waals surface area contributed by atoms with Gasteiger partial charge in [0.15, 0.2) is 0 Å². The van der Waals surface area contributed by atoms with E-state index in [2.05, 4.69) is 28.7 Å². The molecule has 0 aromatic carbocycles. The van der Waals surface area contributed by atoms with E-state index in [4.69, 9.17) is 0 Å². The molecule has 4 nitrogen and oxygen atoms in total. The number of aliphatic hydroxyl groups excluding tert-OH is 1. The third-order valence-electron chi connectivity index (χ3n) is 2.80. The summed E-state index contributed by atoms with van der Waals surface area (Å²) in [6.07, 6.45) is 7.90. The number of aliphatic hydroxyl groups is 1. The molecule has 0 bridgehead atoms. The van der Waals surface area contributed by atoms with Gasteiger partial charge in [0.25, 0.3) is 0 Å². The molecule has 0 fully saturated rings. The van der Waals surface area contributed by atoms with Crippen molar-refractivity contribution >= 4 is 5.82 Å². The Bertz CT molecular complexity index is 309. The molecule has 0 aliphatic heterocycles. The SMILES string of the molecule is CCCCN(CCCC)c1ncncc1CO. The second kappa shape index (κ2) is 8.01. The first-order valence-corrected chi connectivity index (χ1v) is 6.48. The van der Waals surface area contributed by atoms with Crippen LogP contribution < -0.4 is 4.90 Å². The number of rotatable bonds is 8. The van der Waals surface area contributed by atoms with Crippen LogP contribution in [0.4, 0.5) is 5.82 Å². The van der Waals surface area contributed by atoms with Gasteiger partial charge in [0, 0.05) is 24.8 Å². The molecule has 0 saturated carbocycles. The molecule has 0 aliphatic rings. The number of aromatic nitrogens is 2. The Balaban J connectivity index is 2.78. The maximum atomic E-state index is 9.31. The van der Waals surface area contributed by atoms with Crippen LogP contribution in [-0.4, -0.2) is 28.2 Å². The molecule has 0 aliphatic carbocycles. The summed E-state index contributed by atoms with van der Waals surface area (Å²) in [5, 5.41) is 9.31. The molecule has 0 saturated heterocycles. The van der Waals surface area contributed by atoms with Gasteiger partial charge in [-0.15, -0.1) is 0 Å². The van der Waals surface area contributed by atoms with E-state index in [-0.39, 0.29) is 6.61 Å². The zero-order valence-electron chi connectivity index (χ0n) is 10.9. The predicted octanol–water partition coefficient (Wildman–Crippen LogP) is 2.38. The molecule has 1 aromatic heterocycles. The van der Waals surface area contributed by atoms with Gasteiger partial charge in [-0.3, -0.25) is 0 Å². The zero-order valence-corrected chi connectivity index (χ0v) is 10.9. The van der Waals surface area contributed by atoms with Crippen LogP contribution in [-0.2, 0) is 6.61 Å². The number of hydrogen-bond donors (Lipinski definition) is 1. The Morgan fingerprint density at radius 1 is 1.18 bits per heavy atom. The van der Waals surface area contributed by atoms with Gasteiger partial charge in [0.05, 0.1) is 6.61 Å². The van der Waals surface area contributed by atoms with Gasteiger partial charge in [0.2, 0.25) is 0 Å². The molecule has 1 aromatic rings. The van der Waals surface area contributed by atoms with Crippen molar-refractivity contribution in [1.82, 2.24) is 9.97 Å². The van der Waals surface area contributed by atoms with Crippen molar-refractivity contribution in [1.29, 1.82) is 0 Å². The molecule has 0 atom stereocenters. The van der Waals surface area contributed by atoms with E-state index in [1.807, 2.05) is 0 Å². The van der Waals surface area contributed by atoms with Gasteiger partial charge in [-0.05, 0) is 12.8 Å². The minimum atomic E-state index is 0.00488. The van der Waals surface area contributed by atoms with Crippen molar-refractivity contribution in [2.75, 3.05) is 18.0 Å². The lowest BCUT2D eigenvalue weighted by molar-refractivity contribution is 0.281. The van der Waals surface area contributed by atoms with Crippen molar-refractivity contribution in [2.24, 2.45) is 0 Å². The van der Waals surface area contributed by atoms with Crippen molar-refractivity contribution in [3.05, 3.63) is 18.1 Å². The summed E-state index contributed by atoms with van der Waals surface area (Å²) in [6, 6.07) is 0. The Hall–Kier alpha value is -1.16. The minimum absolute atomic E-state index is 0.00488.